The minimum Gasteiger partial charge on any atom is -0.274 e. The van der Waals surface area contributed by atoms with Crippen molar-refractivity contribution in [1.29, 1.82) is 0 Å². The molecule has 1 fully saturated rings. The van der Waals surface area contributed by atoms with E-state index in [0.29, 0.717) is 18.2 Å². The molecule has 1 N–H and O–H groups in total. The van der Waals surface area contributed by atoms with Crippen molar-refractivity contribution in [2.75, 3.05) is 18.6 Å². The van der Waals surface area contributed by atoms with Crippen molar-refractivity contribution >= 4 is 21.8 Å². The molecule has 1 aliphatic rings. The highest BCUT2D eigenvalue weighted by Crippen LogP contribution is 2.41. The lowest BCUT2D eigenvalue weighted by Gasteiger charge is -2.09. The van der Waals surface area contributed by atoms with Crippen LogP contribution in [0, 0.1) is 0 Å². The number of hydrogen-bond donors (Lipinski definition) is 1. The first kappa shape index (κ1) is 15.5. The Morgan fingerprint density at radius 1 is 1.27 bits per heavy atom. The fourth-order valence-corrected chi connectivity index (χ4v) is 3.59. The van der Waals surface area contributed by atoms with Crippen molar-refractivity contribution in [2.45, 2.75) is 23.9 Å². The molecular weight excluding hydrogens is 320 g/mol. The summed E-state index contributed by atoms with van der Waals surface area (Å²) in [6.07, 6.45) is 3.48. The van der Waals surface area contributed by atoms with Gasteiger partial charge in [-0.15, -0.1) is 10.2 Å². The average Bonchev–Trinajstić information content (AvgIpc) is 3.24. The fraction of sp³-hybridized carbons (Fsp3) is 0.429. The highest BCUT2D eigenvalue weighted by Gasteiger charge is 2.30. The summed E-state index contributed by atoms with van der Waals surface area (Å²) in [6, 6.07) is 10.0. The number of sulfonamides is 1. The molecule has 1 aromatic carbocycles. The number of nitrogens with one attached hydrogen (secondary N) is 1. The molecule has 0 unspecified atom stereocenters. The highest BCUT2D eigenvalue weighted by molar-refractivity contribution is 7.99. The van der Waals surface area contributed by atoms with Gasteiger partial charge in [-0.2, -0.15) is 0 Å². The van der Waals surface area contributed by atoms with Crippen LogP contribution in [0.2, 0.25) is 0 Å². The van der Waals surface area contributed by atoms with E-state index in [1.807, 2.05) is 30.3 Å². The molecule has 118 valence electrons. The van der Waals surface area contributed by atoms with Crippen molar-refractivity contribution in [2.24, 2.45) is 0 Å². The Morgan fingerprint density at radius 3 is 2.64 bits per heavy atom. The normalized spacial score (nSPS) is 15.1. The molecule has 6 nitrogen and oxygen atoms in total. The van der Waals surface area contributed by atoms with Crippen LogP contribution in [-0.4, -0.2) is 41.7 Å². The summed E-state index contributed by atoms with van der Waals surface area (Å²) in [5.74, 6) is 2.11. The maximum atomic E-state index is 11.1. The second-order valence-electron chi connectivity index (χ2n) is 5.30. The molecular formula is C14H18N4O2S2. The molecule has 0 atom stereocenters. The van der Waals surface area contributed by atoms with Crippen molar-refractivity contribution in [1.82, 2.24) is 19.5 Å². The summed E-state index contributed by atoms with van der Waals surface area (Å²) in [5, 5.41) is 9.43. The van der Waals surface area contributed by atoms with E-state index in [2.05, 4.69) is 19.5 Å². The van der Waals surface area contributed by atoms with Gasteiger partial charge >= 0.3 is 0 Å². The van der Waals surface area contributed by atoms with Crippen LogP contribution >= 0.6 is 11.8 Å². The molecule has 3 rings (SSSR count). The zero-order chi connectivity index (χ0) is 15.6. The van der Waals surface area contributed by atoms with Crippen molar-refractivity contribution in [3.05, 3.63) is 36.2 Å². The maximum Gasteiger partial charge on any atom is 0.208 e. The van der Waals surface area contributed by atoms with Gasteiger partial charge in [0.1, 0.15) is 5.82 Å². The molecule has 22 heavy (non-hydrogen) atoms. The summed E-state index contributed by atoms with van der Waals surface area (Å²) >= 11 is 1.51. The molecule has 0 radical (unpaired) electrons. The lowest BCUT2D eigenvalue weighted by Crippen LogP contribution is -2.24. The SMILES string of the molecule is CS(=O)(=O)NCCSc1nnc(C2CC2)n1-c1ccccc1. The minimum absolute atomic E-state index is 0.379. The summed E-state index contributed by atoms with van der Waals surface area (Å²) in [4.78, 5) is 0. The van der Waals surface area contributed by atoms with Crippen LogP contribution in [0.1, 0.15) is 24.6 Å². The summed E-state index contributed by atoms with van der Waals surface area (Å²) in [5.41, 5.74) is 1.05. The predicted octanol–water partition coefficient (Wildman–Crippen LogP) is 1.79. The Hall–Kier alpha value is -1.38. The molecule has 0 amide bonds. The third kappa shape index (κ3) is 3.88. The van der Waals surface area contributed by atoms with E-state index in [1.165, 1.54) is 11.8 Å². The Labute approximate surface area is 134 Å². The zero-order valence-electron chi connectivity index (χ0n) is 12.3. The largest absolute Gasteiger partial charge is 0.274 e. The van der Waals surface area contributed by atoms with Gasteiger partial charge in [-0.3, -0.25) is 4.57 Å². The van der Waals surface area contributed by atoms with Crippen LogP contribution in [0.15, 0.2) is 35.5 Å². The number of nitrogens with zero attached hydrogens (tertiary/aromatic N) is 3. The van der Waals surface area contributed by atoms with Gasteiger partial charge in [-0.1, -0.05) is 30.0 Å². The van der Waals surface area contributed by atoms with Gasteiger partial charge in [-0.05, 0) is 25.0 Å². The monoisotopic (exact) mass is 338 g/mol. The molecule has 0 spiro atoms. The van der Waals surface area contributed by atoms with Gasteiger partial charge in [0.25, 0.3) is 0 Å². The number of rotatable bonds is 7. The lowest BCUT2D eigenvalue weighted by molar-refractivity contribution is 0.590. The minimum atomic E-state index is -3.15. The average molecular weight is 338 g/mol. The first-order valence-electron chi connectivity index (χ1n) is 7.13. The van der Waals surface area contributed by atoms with Crippen LogP contribution < -0.4 is 4.72 Å². The van der Waals surface area contributed by atoms with E-state index >= 15 is 0 Å². The third-order valence-corrected chi connectivity index (χ3v) is 4.97. The molecule has 1 aromatic heterocycles. The first-order chi connectivity index (χ1) is 10.5. The van der Waals surface area contributed by atoms with E-state index in [9.17, 15) is 8.42 Å². The van der Waals surface area contributed by atoms with Gasteiger partial charge in [-0.25, -0.2) is 13.1 Å². The molecule has 2 aromatic rings. The Kier molecular flexibility index (Phi) is 4.51. The second-order valence-corrected chi connectivity index (χ2v) is 8.20. The summed E-state index contributed by atoms with van der Waals surface area (Å²) < 4.78 is 26.7. The summed E-state index contributed by atoms with van der Waals surface area (Å²) in [7, 11) is -3.15. The number of hydrogen-bond acceptors (Lipinski definition) is 5. The molecule has 0 bridgehead atoms. The predicted molar refractivity (Wildman–Crippen MR) is 86.9 cm³/mol. The van der Waals surface area contributed by atoms with Crippen molar-refractivity contribution in [3.63, 3.8) is 0 Å². The van der Waals surface area contributed by atoms with Crippen LogP contribution in [0.4, 0.5) is 0 Å². The number of benzene rings is 1. The van der Waals surface area contributed by atoms with Gasteiger partial charge in [0.15, 0.2) is 5.16 Å². The number of para-hydroxylation sites is 1. The second kappa shape index (κ2) is 6.39. The zero-order valence-corrected chi connectivity index (χ0v) is 13.9. The smallest absolute Gasteiger partial charge is 0.208 e. The molecule has 8 heteroatoms. The summed E-state index contributed by atoms with van der Waals surface area (Å²) in [6.45, 7) is 0.379. The van der Waals surface area contributed by atoms with Crippen LogP contribution in [-0.2, 0) is 10.0 Å². The van der Waals surface area contributed by atoms with Gasteiger partial charge in [0, 0.05) is 23.9 Å². The first-order valence-corrected chi connectivity index (χ1v) is 10.0. The van der Waals surface area contributed by atoms with Crippen molar-refractivity contribution in [3.8, 4) is 5.69 Å². The Morgan fingerprint density at radius 2 is 2.00 bits per heavy atom. The maximum absolute atomic E-state index is 11.1. The quantitative estimate of drug-likeness (QED) is 0.615. The van der Waals surface area contributed by atoms with E-state index in [1.54, 1.807) is 0 Å². The topological polar surface area (TPSA) is 76.9 Å². The molecule has 1 saturated carbocycles. The van der Waals surface area contributed by atoms with Crippen molar-refractivity contribution < 1.29 is 8.42 Å². The van der Waals surface area contributed by atoms with Crippen LogP contribution in [0.3, 0.4) is 0 Å². The standard InChI is InChI=1S/C14H18N4O2S2/c1-22(19,20)15-9-10-21-14-17-16-13(11-7-8-11)18(14)12-5-3-2-4-6-12/h2-6,11,15H,7-10H2,1H3. The molecule has 1 aliphatic carbocycles. The van der Waals surface area contributed by atoms with Crippen LogP contribution in [0.5, 0.6) is 0 Å². The fourth-order valence-electron chi connectivity index (χ4n) is 2.17. The van der Waals surface area contributed by atoms with E-state index in [0.717, 1.165) is 35.8 Å². The Balaban J connectivity index is 1.77. The van der Waals surface area contributed by atoms with Crippen LogP contribution in [0.25, 0.3) is 5.69 Å². The van der Waals surface area contributed by atoms with E-state index < -0.39 is 10.0 Å². The number of thioether (sulfide) groups is 1. The Bertz CT molecular complexity index is 739. The highest BCUT2D eigenvalue weighted by atomic mass is 32.2. The third-order valence-electron chi connectivity index (χ3n) is 3.31. The van der Waals surface area contributed by atoms with Gasteiger partial charge in [0.05, 0.1) is 6.26 Å². The number of aromatic nitrogens is 3. The van der Waals surface area contributed by atoms with Gasteiger partial charge in [0.2, 0.25) is 10.0 Å². The molecule has 0 aliphatic heterocycles. The molecule has 1 heterocycles. The molecule has 0 saturated heterocycles. The lowest BCUT2D eigenvalue weighted by atomic mass is 10.3. The van der Waals surface area contributed by atoms with Gasteiger partial charge < -0.3 is 0 Å². The van der Waals surface area contributed by atoms with E-state index in [4.69, 9.17) is 0 Å². The van der Waals surface area contributed by atoms with E-state index in [-0.39, 0.29) is 0 Å².